The molecule has 2 aromatic rings. The summed E-state index contributed by atoms with van der Waals surface area (Å²) in [5, 5.41) is 11.4. The lowest BCUT2D eigenvalue weighted by Gasteiger charge is -2.04. The van der Waals surface area contributed by atoms with E-state index in [1.165, 1.54) is 6.20 Å². The van der Waals surface area contributed by atoms with Gasteiger partial charge in [0.1, 0.15) is 5.52 Å². The lowest BCUT2D eigenvalue weighted by molar-refractivity contribution is -0.577. The molecule has 0 aromatic carbocycles. The number of fused-ring (bicyclic) bond motifs is 1. The van der Waals surface area contributed by atoms with Crippen LogP contribution in [0.3, 0.4) is 0 Å². The van der Waals surface area contributed by atoms with E-state index >= 15 is 0 Å². The fourth-order valence-electron chi connectivity index (χ4n) is 1.35. The summed E-state index contributed by atoms with van der Waals surface area (Å²) >= 11 is 0. The molecular weight excluding hydrogens is 180 g/mol. The quantitative estimate of drug-likeness (QED) is 0.501. The zero-order valence-corrected chi connectivity index (χ0v) is 8.02. The number of pyridine rings is 2. The van der Waals surface area contributed by atoms with Gasteiger partial charge in [-0.1, -0.05) is 0 Å². The predicted molar refractivity (Wildman–Crippen MR) is 52.0 cm³/mol. The minimum atomic E-state index is 0.520. The number of methoxy groups -OCH3 is 1. The van der Waals surface area contributed by atoms with Crippen LogP contribution in [0.25, 0.3) is 11.0 Å². The van der Waals surface area contributed by atoms with E-state index in [4.69, 9.17) is 4.74 Å². The maximum atomic E-state index is 11.4. The van der Waals surface area contributed by atoms with E-state index < -0.39 is 0 Å². The zero-order chi connectivity index (χ0) is 10.1. The molecule has 0 N–H and O–H groups in total. The highest BCUT2D eigenvalue weighted by atomic mass is 16.5. The molecule has 0 saturated heterocycles. The molecule has 72 valence electrons. The van der Waals surface area contributed by atoms with Gasteiger partial charge in [0.15, 0.2) is 6.20 Å². The molecule has 14 heavy (non-hydrogen) atoms. The fraction of sp³-hybridized carbons (Fsp3) is 0.200. The molecule has 2 heterocycles. The molecule has 0 atom stereocenters. The van der Waals surface area contributed by atoms with Crippen molar-refractivity contribution in [3.05, 3.63) is 35.2 Å². The van der Waals surface area contributed by atoms with E-state index in [9.17, 15) is 5.21 Å². The third-order valence-corrected chi connectivity index (χ3v) is 2.13. The Kier molecular flexibility index (Phi) is 1.96. The third-order valence-electron chi connectivity index (χ3n) is 2.13. The number of ether oxygens (including phenoxy) is 1. The van der Waals surface area contributed by atoms with Crippen LogP contribution in [0.15, 0.2) is 24.4 Å². The lowest BCUT2D eigenvalue weighted by Crippen LogP contribution is -2.26. The molecule has 2 aromatic heterocycles. The van der Waals surface area contributed by atoms with Gasteiger partial charge in [0.2, 0.25) is 11.4 Å². The Morgan fingerprint density at radius 3 is 2.86 bits per heavy atom. The summed E-state index contributed by atoms with van der Waals surface area (Å²) < 4.78 is 5.80. The summed E-state index contributed by atoms with van der Waals surface area (Å²) in [5.41, 5.74) is 2.21. The Morgan fingerprint density at radius 2 is 2.14 bits per heavy atom. The molecule has 0 fully saturated rings. The second kappa shape index (κ2) is 3.14. The molecule has 2 rings (SSSR count). The van der Waals surface area contributed by atoms with Gasteiger partial charge in [0.05, 0.1) is 7.11 Å². The second-order valence-electron chi connectivity index (χ2n) is 3.05. The first-order valence-electron chi connectivity index (χ1n) is 4.26. The summed E-state index contributed by atoms with van der Waals surface area (Å²) in [6.45, 7) is 1.91. The van der Waals surface area contributed by atoms with Crippen molar-refractivity contribution in [2.75, 3.05) is 7.11 Å². The van der Waals surface area contributed by atoms with E-state index in [1.54, 1.807) is 25.3 Å². The van der Waals surface area contributed by atoms with Crippen molar-refractivity contribution in [3.63, 3.8) is 0 Å². The molecule has 0 amide bonds. The topological polar surface area (TPSA) is 49.1 Å². The van der Waals surface area contributed by atoms with Crippen LogP contribution in [0.2, 0.25) is 0 Å². The summed E-state index contributed by atoms with van der Waals surface area (Å²) in [4.78, 5) is 4.21. The number of nitrogens with zero attached hydrogens (tertiary/aromatic N) is 2. The Bertz CT molecular complexity index is 483. The Hall–Kier alpha value is -1.84. The molecule has 0 bridgehead atoms. The Labute approximate surface area is 81.4 Å². The number of rotatable bonds is 1. The van der Waals surface area contributed by atoms with Crippen molar-refractivity contribution in [2.45, 2.75) is 6.92 Å². The molecule has 4 heteroatoms. The maximum absolute atomic E-state index is 11.4. The second-order valence-corrected chi connectivity index (χ2v) is 3.05. The molecule has 0 spiro atoms. The van der Waals surface area contributed by atoms with Gasteiger partial charge < -0.3 is 9.94 Å². The lowest BCUT2D eigenvalue weighted by atomic mass is 10.2. The van der Waals surface area contributed by atoms with E-state index in [1.807, 2.05) is 6.92 Å². The van der Waals surface area contributed by atoms with E-state index in [0.29, 0.717) is 16.9 Å². The van der Waals surface area contributed by atoms with Crippen molar-refractivity contribution >= 4 is 11.0 Å². The van der Waals surface area contributed by atoms with Crippen LogP contribution in [-0.4, -0.2) is 12.1 Å². The van der Waals surface area contributed by atoms with Gasteiger partial charge >= 0.3 is 0 Å². The summed E-state index contributed by atoms with van der Waals surface area (Å²) in [7, 11) is 1.55. The summed E-state index contributed by atoms with van der Waals surface area (Å²) in [5.74, 6) is 0.520. The molecule has 0 unspecified atom stereocenters. The molecule has 0 radical (unpaired) electrons. The van der Waals surface area contributed by atoms with Gasteiger partial charge in [0.25, 0.3) is 0 Å². The van der Waals surface area contributed by atoms with E-state index in [0.717, 1.165) is 10.3 Å². The van der Waals surface area contributed by atoms with Gasteiger partial charge in [-0.25, -0.2) is 4.98 Å². The number of aryl methyl sites for hydroxylation is 1. The van der Waals surface area contributed by atoms with Crippen LogP contribution in [0.4, 0.5) is 0 Å². The Balaban J connectivity index is 2.80. The molecule has 0 aliphatic carbocycles. The highest BCUT2D eigenvalue weighted by molar-refractivity contribution is 5.74. The van der Waals surface area contributed by atoms with Crippen molar-refractivity contribution in [3.8, 4) is 5.88 Å². The van der Waals surface area contributed by atoms with Gasteiger partial charge in [-0.3, -0.25) is 0 Å². The third kappa shape index (κ3) is 1.25. The van der Waals surface area contributed by atoms with Gasteiger partial charge in [-0.15, -0.1) is 0 Å². The normalized spacial score (nSPS) is 10.4. The minimum Gasteiger partial charge on any atom is -0.618 e. The summed E-state index contributed by atoms with van der Waals surface area (Å²) in [6.07, 6.45) is 1.48. The van der Waals surface area contributed by atoms with Gasteiger partial charge in [-0.2, -0.15) is 4.73 Å². The van der Waals surface area contributed by atoms with Crippen LogP contribution in [-0.2, 0) is 0 Å². The highest BCUT2D eigenvalue weighted by Crippen LogP contribution is 2.15. The molecular formula is C10H10N2O2. The smallest absolute Gasteiger partial charge is 0.242 e. The zero-order valence-electron chi connectivity index (χ0n) is 8.02. The van der Waals surface area contributed by atoms with Gasteiger partial charge in [0, 0.05) is 18.2 Å². The standard InChI is InChI=1S/C10H10N2O2/c1-7-5-6-12(13)8-3-4-9(14-2)11-10(7)8/h3-6H,1-2H3. The average Bonchev–Trinajstić information content (AvgIpc) is 2.23. The van der Waals surface area contributed by atoms with Crippen LogP contribution in [0.5, 0.6) is 5.88 Å². The van der Waals surface area contributed by atoms with Crippen molar-refractivity contribution in [1.82, 2.24) is 4.98 Å². The first-order chi connectivity index (χ1) is 6.72. The van der Waals surface area contributed by atoms with E-state index in [-0.39, 0.29) is 0 Å². The average molecular weight is 190 g/mol. The first-order valence-corrected chi connectivity index (χ1v) is 4.26. The number of aromatic nitrogens is 2. The highest BCUT2D eigenvalue weighted by Gasteiger charge is 2.08. The monoisotopic (exact) mass is 190 g/mol. The fourth-order valence-corrected chi connectivity index (χ4v) is 1.35. The SMILES string of the molecule is COc1ccc2c(n1)c(C)cc[n+]2[O-]. The van der Waals surface area contributed by atoms with Crippen LogP contribution < -0.4 is 9.47 Å². The molecule has 0 aliphatic rings. The van der Waals surface area contributed by atoms with Crippen molar-refractivity contribution in [2.24, 2.45) is 0 Å². The Morgan fingerprint density at radius 1 is 1.36 bits per heavy atom. The predicted octanol–water partition coefficient (Wildman–Crippen LogP) is 1.19. The van der Waals surface area contributed by atoms with Crippen molar-refractivity contribution < 1.29 is 9.47 Å². The maximum Gasteiger partial charge on any atom is 0.242 e. The van der Waals surface area contributed by atoms with Crippen molar-refractivity contribution in [1.29, 1.82) is 0 Å². The largest absolute Gasteiger partial charge is 0.618 e. The molecule has 4 nitrogen and oxygen atoms in total. The number of hydrogen-bond donors (Lipinski definition) is 0. The summed E-state index contributed by atoms with van der Waals surface area (Å²) in [6, 6.07) is 5.12. The van der Waals surface area contributed by atoms with Crippen LogP contribution in [0.1, 0.15) is 5.56 Å². The molecule has 0 aliphatic heterocycles. The first kappa shape index (κ1) is 8.74. The minimum absolute atomic E-state index is 0.520. The molecule has 0 saturated carbocycles. The van der Waals surface area contributed by atoms with Crippen LogP contribution >= 0.6 is 0 Å². The van der Waals surface area contributed by atoms with Gasteiger partial charge in [-0.05, 0) is 12.5 Å². The van der Waals surface area contributed by atoms with E-state index in [2.05, 4.69) is 4.98 Å². The number of hydrogen-bond acceptors (Lipinski definition) is 3. The van der Waals surface area contributed by atoms with Crippen LogP contribution in [0, 0.1) is 12.1 Å².